The van der Waals surface area contributed by atoms with Crippen molar-refractivity contribution in [1.29, 1.82) is 0 Å². The van der Waals surface area contributed by atoms with Crippen LogP contribution in [0.2, 0.25) is 0 Å². The van der Waals surface area contributed by atoms with Crippen LogP contribution >= 0.6 is 0 Å². The van der Waals surface area contributed by atoms with Crippen LogP contribution in [0.5, 0.6) is 11.5 Å². The first-order valence-electron chi connectivity index (χ1n) is 6.69. The maximum atomic E-state index is 13.5. The number of rotatable bonds is 4. The molecule has 3 rings (SSSR count). The lowest BCUT2D eigenvalue weighted by Gasteiger charge is -2.07. The van der Waals surface area contributed by atoms with Gasteiger partial charge in [0.2, 0.25) is 12.6 Å². The van der Waals surface area contributed by atoms with Gasteiger partial charge in [-0.05, 0) is 6.07 Å². The number of benzene rings is 2. The van der Waals surface area contributed by atoms with Crippen molar-refractivity contribution in [2.45, 2.75) is 0 Å². The molecule has 0 radical (unpaired) electrons. The molecule has 2 aromatic carbocycles. The third kappa shape index (κ3) is 2.85. The topological polar surface area (TPSA) is 86.0 Å². The fourth-order valence-electron chi connectivity index (χ4n) is 2.08. The highest BCUT2D eigenvalue weighted by Crippen LogP contribution is 2.37. The highest BCUT2D eigenvalue weighted by atomic mass is 19.2. The molecule has 0 fully saturated rings. The Hall–Kier alpha value is -3.44. The minimum Gasteiger partial charge on any atom is -0.454 e. The van der Waals surface area contributed by atoms with Crippen LogP contribution in [0, 0.1) is 39.2 Å². The predicted molar refractivity (Wildman–Crippen MR) is 76.7 cm³/mol. The molecular weight excluding hydrogens is 369 g/mol. The maximum absolute atomic E-state index is 13.5. The molecule has 1 aliphatic heterocycles. The van der Waals surface area contributed by atoms with Crippen LogP contribution in [-0.4, -0.2) is 17.9 Å². The normalized spacial score (nSPS) is 12.7. The van der Waals surface area contributed by atoms with Crippen LogP contribution in [0.3, 0.4) is 0 Å². The number of halogens is 5. The van der Waals surface area contributed by atoms with Gasteiger partial charge in [-0.3, -0.25) is 15.5 Å². The number of ether oxygens (including phenoxy) is 2. The molecule has 0 aliphatic carbocycles. The third-order valence-electron chi connectivity index (χ3n) is 3.31. The number of anilines is 1. The van der Waals surface area contributed by atoms with Crippen LogP contribution in [0.25, 0.3) is 0 Å². The molecule has 0 saturated heterocycles. The molecule has 136 valence electrons. The van der Waals surface area contributed by atoms with Gasteiger partial charge in [-0.25, -0.2) is 22.0 Å². The van der Waals surface area contributed by atoms with Gasteiger partial charge in [0.1, 0.15) is 5.69 Å². The average Bonchev–Trinajstić information content (AvgIpc) is 3.07. The summed E-state index contributed by atoms with van der Waals surface area (Å²) in [6, 6.07) is 2.21. The number of hydrazone groups is 1. The van der Waals surface area contributed by atoms with Crippen molar-refractivity contribution in [3.63, 3.8) is 0 Å². The van der Waals surface area contributed by atoms with E-state index < -0.39 is 45.4 Å². The largest absolute Gasteiger partial charge is 0.454 e. The second-order valence-corrected chi connectivity index (χ2v) is 4.84. The monoisotopic (exact) mass is 375 g/mol. The zero-order valence-electron chi connectivity index (χ0n) is 12.4. The predicted octanol–water partition coefficient (Wildman–Crippen LogP) is 3.46. The van der Waals surface area contributed by atoms with Gasteiger partial charge in [-0.1, -0.05) is 0 Å². The first-order chi connectivity index (χ1) is 12.3. The summed E-state index contributed by atoms with van der Waals surface area (Å²) in [5.74, 6) is -10.6. The van der Waals surface area contributed by atoms with Crippen LogP contribution < -0.4 is 14.9 Å². The molecule has 0 bridgehead atoms. The summed E-state index contributed by atoms with van der Waals surface area (Å²) in [6.45, 7) is -0.157. The van der Waals surface area contributed by atoms with E-state index in [-0.39, 0.29) is 23.9 Å². The van der Waals surface area contributed by atoms with Gasteiger partial charge >= 0.3 is 0 Å². The van der Waals surface area contributed by atoms with Crippen molar-refractivity contribution in [1.82, 2.24) is 0 Å². The summed E-state index contributed by atoms with van der Waals surface area (Å²) in [4.78, 5) is 10.3. The molecule has 1 heterocycles. The Morgan fingerprint density at radius 2 is 1.54 bits per heavy atom. The molecule has 0 amide bonds. The van der Waals surface area contributed by atoms with Gasteiger partial charge in [0.05, 0.1) is 22.8 Å². The lowest BCUT2D eigenvalue weighted by Crippen LogP contribution is -2.06. The van der Waals surface area contributed by atoms with E-state index in [4.69, 9.17) is 9.47 Å². The molecule has 0 unspecified atom stereocenters. The highest BCUT2D eigenvalue weighted by molar-refractivity contribution is 5.87. The number of hydrogen-bond donors (Lipinski definition) is 1. The summed E-state index contributed by atoms with van der Waals surface area (Å²) in [7, 11) is 0. The molecule has 26 heavy (non-hydrogen) atoms. The summed E-state index contributed by atoms with van der Waals surface area (Å²) in [6.07, 6.45) is 0.762. The molecule has 2 aromatic rings. The Morgan fingerprint density at radius 3 is 2.12 bits per heavy atom. The summed E-state index contributed by atoms with van der Waals surface area (Å²) in [5, 5.41) is 14.4. The van der Waals surface area contributed by atoms with Crippen molar-refractivity contribution in [3.05, 3.63) is 56.9 Å². The first-order valence-corrected chi connectivity index (χ1v) is 6.69. The SMILES string of the molecule is O=[N+]([O-])c1cc2c(cc1/C=N\Nc1c(F)c(F)c(F)c(F)c1F)OCO2. The maximum Gasteiger partial charge on any atom is 0.282 e. The van der Waals surface area contributed by atoms with E-state index in [1.54, 1.807) is 5.43 Å². The van der Waals surface area contributed by atoms with Crippen molar-refractivity contribution in [2.24, 2.45) is 5.10 Å². The third-order valence-corrected chi connectivity index (χ3v) is 3.31. The first kappa shape index (κ1) is 17.4. The molecule has 12 heteroatoms. The van der Waals surface area contributed by atoms with Crippen molar-refractivity contribution in [2.75, 3.05) is 12.2 Å². The molecule has 0 saturated carbocycles. The molecular formula is C14H6F5N3O4. The second kappa shape index (κ2) is 6.46. The lowest BCUT2D eigenvalue weighted by molar-refractivity contribution is -0.385. The Labute approximate surface area is 140 Å². The zero-order valence-corrected chi connectivity index (χ0v) is 12.4. The van der Waals surface area contributed by atoms with Crippen molar-refractivity contribution < 1.29 is 36.3 Å². The Bertz CT molecular complexity index is 922. The number of nitro groups is 1. The quantitative estimate of drug-likeness (QED) is 0.221. The molecule has 1 aliphatic rings. The number of nitrogens with one attached hydrogen (secondary N) is 1. The standard InChI is InChI=1S/C14H6F5N3O4/c15-9-10(16)12(18)14(13(19)11(9)17)21-20-3-5-1-7-8(26-4-25-7)2-6(5)22(23)24/h1-3,21H,4H2/b20-3-. The summed E-state index contributed by atoms with van der Waals surface area (Å²) < 4.78 is 76.2. The smallest absolute Gasteiger partial charge is 0.282 e. The van der Waals surface area contributed by atoms with Crippen LogP contribution in [0.15, 0.2) is 17.2 Å². The fourth-order valence-corrected chi connectivity index (χ4v) is 2.08. The van der Waals surface area contributed by atoms with Gasteiger partial charge in [-0.15, -0.1) is 0 Å². The van der Waals surface area contributed by atoms with Crippen molar-refractivity contribution in [3.8, 4) is 11.5 Å². The minimum absolute atomic E-state index is 0.113. The molecule has 1 N–H and O–H groups in total. The number of nitrogens with zero attached hydrogens (tertiary/aromatic N) is 2. The average molecular weight is 375 g/mol. The zero-order chi connectivity index (χ0) is 19.0. The van der Waals surface area contributed by atoms with Gasteiger partial charge < -0.3 is 9.47 Å². The molecule has 7 nitrogen and oxygen atoms in total. The van der Waals surface area contributed by atoms with Crippen LogP contribution in [0.4, 0.5) is 33.3 Å². The lowest BCUT2D eigenvalue weighted by atomic mass is 10.1. The second-order valence-electron chi connectivity index (χ2n) is 4.84. The summed E-state index contributed by atoms with van der Waals surface area (Å²) >= 11 is 0. The van der Waals surface area contributed by atoms with E-state index in [0.717, 1.165) is 12.3 Å². The van der Waals surface area contributed by atoms with E-state index in [0.29, 0.717) is 0 Å². The van der Waals surface area contributed by atoms with Crippen LogP contribution in [0.1, 0.15) is 5.56 Å². The van der Waals surface area contributed by atoms with Gasteiger partial charge in [0, 0.05) is 0 Å². The molecule has 0 aromatic heterocycles. The Kier molecular flexibility index (Phi) is 4.32. The fraction of sp³-hybridized carbons (Fsp3) is 0.0714. The number of hydrogen-bond acceptors (Lipinski definition) is 6. The van der Waals surface area contributed by atoms with E-state index in [1.807, 2.05) is 0 Å². The van der Waals surface area contributed by atoms with Gasteiger partial charge in [0.15, 0.2) is 34.8 Å². The van der Waals surface area contributed by atoms with E-state index >= 15 is 0 Å². The van der Waals surface area contributed by atoms with E-state index in [2.05, 4.69) is 5.10 Å². The Morgan fingerprint density at radius 1 is 1.00 bits per heavy atom. The summed E-state index contributed by atoms with van der Waals surface area (Å²) in [5.41, 5.74) is -0.383. The minimum atomic E-state index is -2.32. The Balaban J connectivity index is 1.94. The number of fused-ring (bicyclic) bond motifs is 1. The number of nitro benzene ring substituents is 1. The van der Waals surface area contributed by atoms with E-state index in [1.165, 1.54) is 6.07 Å². The molecule has 0 atom stereocenters. The van der Waals surface area contributed by atoms with Crippen LogP contribution in [-0.2, 0) is 0 Å². The van der Waals surface area contributed by atoms with E-state index in [9.17, 15) is 32.1 Å². The van der Waals surface area contributed by atoms with Crippen molar-refractivity contribution >= 4 is 17.6 Å². The van der Waals surface area contributed by atoms with Gasteiger partial charge in [0.25, 0.3) is 5.69 Å². The highest BCUT2D eigenvalue weighted by Gasteiger charge is 2.26. The molecule has 0 spiro atoms. The van der Waals surface area contributed by atoms with Gasteiger partial charge in [-0.2, -0.15) is 5.10 Å².